The molecular formula is C19H27ClN4O. The van der Waals surface area contributed by atoms with Crippen molar-refractivity contribution in [3.05, 3.63) is 56.5 Å². The normalized spacial score (nSPS) is 11.1. The lowest BCUT2D eigenvalue weighted by Gasteiger charge is -2.17. The Kier molecular flexibility index (Phi) is 7.47. The van der Waals surface area contributed by atoms with Crippen LogP contribution in [0.3, 0.4) is 0 Å². The number of nitrogens with one attached hydrogen (secondary N) is 2. The standard InChI is InChI=1S/C19H27ClN4O/c1-4-24(5-2)12-6-11-21-19-22-14(3)17(18(25)23-19)13-15-7-9-16(20)10-8-15/h7-10H,4-6,11-13H2,1-3H3,(H2,21,22,23,25). The summed E-state index contributed by atoms with van der Waals surface area (Å²) in [6, 6.07) is 7.53. The fourth-order valence-corrected chi connectivity index (χ4v) is 2.88. The highest BCUT2D eigenvalue weighted by Gasteiger charge is 2.09. The summed E-state index contributed by atoms with van der Waals surface area (Å²) >= 11 is 5.90. The predicted octanol–water partition coefficient (Wildman–Crippen LogP) is 3.47. The van der Waals surface area contributed by atoms with E-state index in [9.17, 15) is 4.79 Å². The van der Waals surface area contributed by atoms with Gasteiger partial charge in [0.15, 0.2) is 0 Å². The van der Waals surface area contributed by atoms with Gasteiger partial charge in [0, 0.05) is 23.6 Å². The fourth-order valence-electron chi connectivity index (χ4n) is 2.76. The number of aromatic amines is 1. The molecule has 0 atom stereocenters. The molecule has 136 valence electrons. The molecule has 0 amide bonds. The van der Waals surface area contributed by atoms with Crippen LogP contribution in [0.4, 0.5) is 5.95 Å². The second-order valence-corrected chi connectivity index (χ2v) is 6.53. The minimum Gasteiger partial charge on any atom is -0.356 e. The van der Waals surface area contributed by atoms with Crippen LogP contribution in [0.15, 0.2) is 29.1 Å². The number of halogens is 1. The quantitative estimate of drug-likeness (QED) is 0.670. The van der Waals surface area contributed by atoms with Crippen LogP contribution in [-0.2, 0) is 6.42 Å². The summed E-state index contributed by atoms with van der Waals surface area (Å²) < 4.78 is 0. The zero-order valence-electron chi connectivity index (χ0n) is 15.2. The molecule has 0 fully saturated rings. The van der Waals surface area contributed by atoms with Gasteiger partial charge in [0.05, 0.1) is 5.69 Å². The first-order valence-corrected chi connectivity index (χ1v) is 9.21. The third-order valence-corrected chi connectivity index (χ3v) is 4.61. The van der Waals surface area contributed by atoms with Gasteiger partial charge < -0.3 is 10.2 Å². The number of aromatic nitrogens is 2. The van der Waals surface area contributed by atoms with Crippen molar-refractivity contribution in [3.8, 4) is 0 Å². The molecule has 0 saturated carbocycles. The van der Waals surface area contributed by atoms with Gasteiger partial charge in [-0.2, -0.15) is 0 Å². The molecule has 0 saturated heterocycles. The molecule has 0 radical (unpaired) electrons. The maximum atomic E-state index is 12.4. The first kappa shape index (κ1) is 19.5. The van der Waals surface area contributed by atoms with E-state index >= 15 is 0 Å². The highest BCUT2D eigenvalue weighted by molar-refractivity contribution is 6.30. The summed E-state index contributed by atoms with van der Waals surface area (Å²) in [5, 5.41) is 3.91. The summed E-state index contributed by atoms with van der Waals surface area (Å²) in [6.07, 6.45) is 1.56. The van der Waals surface area contributed by atoms with Crippen LogP contribution < -0.4 is 10.9 Å². The zero-order chi connectivity index (χ0) is 18.2. The van der Waals surface area contributed by atoms with Crippen molar-refractivity contribution in [1.82, 2.24) is 14.9 Å². The van der Waals surface area contributed by atoms with Gasteiger partial charge in [0.25, 0.3) is 5.56 Å². The molecule has 5 nitrogen and oxygen atoms in total. The molecule has 1 aromatic heterocycles. The van der Waals surface area contributed by atoms with Crippen molar-refractivity contribution in [2.75, 3.05) is 31.5 Å². The Hall–Kier alpha value is -1.85. The van der Waals surface area contributed by atoms with Crippen LogP contribution >= 0.6 is 11.6 Å². The SMILES string of the molecule is CCN(CC)CCCNc1nc(C)c(Cc2ccc(Cl)cc2)c(=O)[nH]1. The Morgan fingerprint density at radius 2 is 1.88 bits per heavy atom. The number of hydrogen-bond donors (Lipinski definition) is 2. The highest BCUT2D eigenvalue weighted by atomic mass is 35.5. The molecule has 0 spiro atoms. The largest absolute Gasteiger partial charge is 0.356 e. The van der Waals surface area contributed by atoms with Crippen LogP contribution in [0, 0.1) is 6.92 Å². The molecule has 0 bridgehead atoms. The average molecular weight is 363 g/mol. The van der Waals surface area contributed by atoms with Gasteiger partial charge in [-0.3, -0.25) is 9.78 Å². The summed E-state index contributed by atoms with van der Waals surface area (Å²) in [5.41, 5.74) is 2.40. The lowest BCUT2D eigenvalue weighted by atomic mass is 10.1. The minimum atomic E-state index is -0.0892. The van der Waals surface area contributed by atoms with Gasteiger partial charge in [0.2, 0.25) is 5.95 Å². The minimum absolute atomic E-state index is 0.0892. The maximum absolute atomic E-state index is 12.4. The Bertz CT molecular complexity index is 723. The number of aryl methyl sites for hydroxylation is 1. The van der Waals surface area contributed by atoms with Crippen LogP contribution in [0.1, 0.15) is 37.1 Å². The third-order valence-electron chi connectivity index (χ3n) is 4.35. The average Bonchev–Trinajstić information content (AvgIpc) is 2.60. The van der Waals surface area contributed by atoms with E-state index in [1.807, 2.05) is 31.2 Å². The van der Waals surface area contributed by atoms with Crippen LogP contribution in [0.5, 0.6) is 0 Å². The first-order valence-electron chi connectivity index (χ1n) is 8.84. The van der Waals surface area contributed by atoms with E-state index in [0.29, 0.717) is 23.0 Å². The van der Waals surface area contributed by atoms with E-state index in [1.165, 1.54) is 0 Å². The smallest absolute Gasteiger partial charge is 0.256 e. The summed E-state index contributed by atoms with van der Waals surface area (Å²) in [6.45, 7) is 10.2. The molecular weight excluding hydrogens is 336 g/mol. The molecule has 2 rings (SSSR count). The molecule has 2 N–H and O–H groups in total. The highest BCUT2D eigenvalue weighted by Crippen LogP contribution is 2.13. The lowest BCUT2D eigenvalue weighted by molar-refractivity contribution is 0.303. The van der Waals surface area contributed by atoms with Crippen LogP contribution in [-0.4, -0.2) is 41.0 Å². The zero-order valence-corrected chi connectivity index (χ0v) is 16.0. The van der Waals surface area contributed by atoms with Crippen LogP contribution in [0.25, 0.3) is 0 Å². The van der Waals surface area contributed by atoms with E-state index < -0.39 is 0 Å². The summed E-state index contributed by atoms with van der Waals surface area (Å²) in [7, 11) is 0. The maximum Gasteiger partial charge on any atom is 0.256 e. The molecule has 0 aliphatic heterocycles. The molecule has 25 heavy (non-hydrogen) atoms. The first-order chi connectivity index (χ1) is 12.0. The monoisotopic (exact) mass is 362 g/mol. The second kappa shape index (κ2) is 9.59. The van der Waals surface area contributed by atoms with Crippen molar-refractivity contribution < 1.29 is 0 Å². The van der Waals surface area contributed by atoms with Gasteiger partial charge in [-0.25, -0.2) is 4.98 Å². The number of nitrogens with zero attached hydrogens (tertiary/aromatic N) is 2. The van der Waals surface area contributed by atoms with Crippen molar-refractivity contribution in [2.45, 2.75) is 33.6 Å². The van der Waals surface area contributed by atoms with E-state index in [0.717, 1.165) is 43.9 Å². The molecule has 6 heteroatoms. The topological polar surface area (TPSA) is 61.0 Å². The number of benzene rings is 1. The molecule has 1 heterocycles. The number of anilines is 1. The van der Waals surface area contributed by atoms with E-state index in [2.05, 4.69) is 34.0 Å². The Morgan fingerprint density at radius 1 is 1.20 bits per heavy atom. The van der Waals surface area contributed by atoms with Gasteiger partial charge in [-0.05, 0) is 50.7 Å². The van der Waals surface area contributed by atoms with Gasteiger partial charge >= 0.3 is 0 Å². The number of hydrogen-bond acceptors (Lipinski definition) is 4. The summed E-state index contributed by atoms with van der Waals surface area (Å²) in [5.74, 6) is 0.543. The molecule has 0 aliphatic rings. The van der Waals surface area contributed by atoms with Crippen molar-refractivity contribution in [3.63, 3.8) is 0 Å². The van der Waals surface area contributed by atoms with Crippen molar-refractivity contribution in [1.29, 1.82) is 0 Å². The lowest BCUT2D eigenvalue weighted by Crippen LogP contribution is -2.26. The van der Waals surface area contributed by atoms with Crippen molar-refractivity contribution >= 4 is 17.5 Å². The summed E-state index contributed by atoms with van der Waals surface area (Å²) in [4.78, 5) is 22.1. The van der Waals surface area contributed by atoms with E-state index in [1.54, 1.807) is 0 Å². The molecule has 0 aliphatic carbocycles. The predicted molar refractivity (Wildman–Crippen MR) is 105 cm³/mol. The Morgan fingerprint density at radius 3 is 2.48 bits per heavy atom. The third kappa shape index (κ3) is 5.87. The molecule has 1 aromatic carbocycles. The van der Waals surface area contributed by atoms with Gasteiger partial charge in [0.1, 0.15) is 0 Å². The van der Waals surface area contributed by atoms with E-state index in [4.69, 9.17) is 11.6 Å². The van der Waals surface area contributed by atoms with E-state index in [-0.39, 0.29) is 5.56 Å². The number of H-pyrrole nitrogens is 1. The second-order valence-electron chi connectivity index (χ2n) is 6.09. The Labute approximate surface area is 154 Å². The molecule has 2 aromatic rings. The van der Waals surface area contributed by atoms with Crippen molar-refractivity contribution in [2.24, 2.45) is 0 Å². The van der Waals surface area contributed by atoms with Crippen LogP contribution in [0.2, 0.25) is 5.02 Å². The van der Waals surface area contributed by atoms with Gasteiger partial charge in [-0.15, -0.1) is 0 Å². The molecule has 0 unspecified atom stereocenters. The Balaban J connectivity index is 1.97. The fraction of sp³-hybridized carbons (Fsp3) is 0.474. The van der Waals surface area contributed by atoms with Gasteiger partial charge in [-0.1, -0.05) is 37.6 Å². The number of rotatable bonds is 9.